The predicted molar refractivity (Wildman–Crippen MR) is 83.6 cm³/mol. The van der Waals surface area contributed by atoms with Gasteiger partial charge in [-0.15, -0.1) is 0 Å². The highest BCUT2D eigenvalue weighted by Crippen LogP contribution is 2.40. The van der Waals surface area contributed by atoms with Crippen LogP contribution in [0.15, 0.2) is 18.2 Å². The van der Waals surface area contributed by atoms with Gasteiger partial charge < -0.3 is 5.32 Å². The van der Waals surface area contributed by atoms with Crippen molar-refractivity contribution in [3.05, 3.63) is 34.6 Å². The van der Waals surface area contributed by atoms with Crippen molar-refractivity contribution >= 4 is 11.6 Å². The second-order valence-electron chi connectivity index (χ2n) is 5.87. The predicted octanol–water partition coefficient (Wildman–Crippen LogP) is 5.35. The fourth-order valence-corrected chi connectivity index (χ4v) is 3.68. The average Bonchev–Trinajstić information content (AvgIpc) is 2.48. The summed E-state index contributed by atoms with van der Waals surface area (Å²) in [6.07, 6.45) is 6.28. The molecule has 1 fully saturated rings. The zero-order chi connectivity index (χ0) is 14.5. The molecule has 0 saturated heterocycles. The highest BCUT2D eigenvalue weighted by molar-refractivity contribution is 6.31. The van der Waals surface area contributed by atoms with Crippen molar-refractivity contribution in [2.75, 3.05) is 6.54 Å². The van der Waals surface area contributed by atoms with Crippen molar-refractivity contribution in [3.63, 3.8) is 0 Å². The highest BCUT2D eigenvalue weighted by Gasteiger charge is 2.29. The molecule has 1 saturated carbocycles. The Morgan fingerprint density at radius 1 is 1.25 bits per heavy atom. The van der Waals surface area contributed by atoms with Crippen LogP contribution in [0.4, 0.5) is 4.39 Å². The molecule has 1 atom stereocenters. The van der Waals surface area contributed by atoms with Gasteiger partial charge in [-0.25, -0.2) is 4.39 Å². The van der Waals surface area contributed by atoms with Gasteiger partial charge in [0.15, 0.2) is 0 Å². The summed E-state index contributed by atoms with van der Waals surface area (Å²) in [5.74, 6) is 1.13. The smallest absolute Gasteiger partial charge is 0.142 e. The Balaban J connectivity index is 2.17. The molecule has 1 aromatic carbocycles. The molecule has 2 rings (SSSR count). The van der Waals surface area contributed by atoms with E-state index in [9.17, 15) is 4.39 Å². The van der Waals surface area contributed by atoms with Gasteiger partial charge in [0.2, 0.25) is 0 Å². The van der Waals surface area contributed by atoms with Crippen LogP contribution < -0.4 is 5.32 Å². The molecule has 1 aromatic rings. The topological polar surface area (TPSA) is 12.0 Å². The van der Waals surface area contributed by atoms with Gasteiger partial charge in [0.25, 0.3) is 0 Å². The number of benzene rings is 1. The molecule has 1 aliphatic carbocycles. The Bertz CT molecular complexity index is 427. The van der Waals surface area contributed by atoms with E-state index in [1.165, 1.54) is 38.2 Å². The number of hydrogen-bond donors (Lipinski definition) is 1. The zero-order valence-electron chi connectivity index (χ0n) is 12.5. The van der Waals surface area contributed by atoms with E-state index in [-0.39, 0.29) is 16.9 Å². The van der Waals surface area contributed by atoms with E-state index in [1.807, 2.05) is 6.07 Å². The van der Waals surface area contributed by atoms with Crippen LogP contribution in [-0.4, -0.2) is 6.54 Å². The molecule has 0 spiro atoms. The molecule has 1 nitrogen and oxygen atoms in total. The maximum Gasteiger partial charge on any atom is 0.142 e. The minimum atomic E-state index is -0.311. The Morgan fingerprint density at radius 3 is 2.55 bits per heavy atom. The van der Waals surface area contributed by atoms with Crippen molar-refractivity contribution in [2.45, 2.75) is 52.0 Å². The van der Waals surface area contributed by atoms with Crippen LogP contribution in [0.2, 0.25) is 5.02 Å². The maximum atomic E-state index is 13.7. The summed E-state index contributed by atoms with van der Waals surface area (Å²) >= 11 is 6.18. The average molecular weight is 298 g/mol. The number of halogens is 2. The summed E-state index contributed by atoms with van der Waals surface area (Å²) in [7, 11) is 0. The van der Waals surface area contributed by atoms with Crippen LogP contribution >= 0.6 is 11.6 Å². The van der Waals surface area contributed by atoms with Gasteiger partial charge in [-0.05, 0) is 42.9 Å². The molecule has 0 heterocycles. The first-order valence-electron chi connectivity index (χ1n) is 7.84. The van der Waals surface area contributed by atoms with Crippen LogP contribution in [0, 0.1) is 17.7 Å². The van der Waals surface area contributed by atoms with E-state index in [2.05, 4.69) is 19.2 Å². The fraction of sp³-hybridized carbons (Fsp3) is 0.647. The lowest BCUT2D eigenvalue weighted by Gasteiger charge is -2.34. The minimum Gasteiger partial charge on any atom is -0.310 e. The Hall–Kier alpha value is -0.600. The molecular formula is C17H25ClFN. The lowest BCUT2D eigenvalue weighted by molar-refractivity contribution is 0.220. The van der Waals surface area contributed by atoms with E-state index >= 15 is 0 Å². The SMILES string of the molecule is CCNC(c1cccc(F)c1Cl)C1CCC(CC)CC1. The summed E-state index contributed by atoms with van der Waals surface area (Å²) in [6, 6.07) is 5.34. The van der Waals surface area contributed by atoms with Gasteiger partial charge in [0.1, 0.15) is 5.82 Å². The largest absolute Gasteiger partial charge is 0.310 e. The molecule has 112 valence electrons. The molecule has 0 aromatic heterocycles. The molecule has 0 amide bonds. The molecular weight excluding hydrogens is 273 g/mol. The van der Waals surface area contributed by atoms with Crippen LogP contribution in [-0.2, 0) is 0 Å². The summed E-state index contributed by atoms with van der Waals surface area (Å²) in [4.78, 5) is 0. The molecule has 0 bridgehead atoms. The van der Waals surface area contributed by atoms with Crippen molar-refractivity contribution in [2.24, 2.45) is 11.8 Å². The third kappa shape index (κ3) is 3.53. The lowest BCUT2D eigenvalue weighted by atomic mass is 9.76. The van der Waals surface area contributed by atoms with Crippen LogP contribution in [0.25, 0.3) is 0 Å². The Morgan fingerprint density at radius 2 is 1.95 bits per heavy atom. The second-order valence-corrected chi connectivity index (χ2v) is 6.25. The zero-order valence-corrected chi connectivity index (χ0v) is 13.2. The molecule has 0 aliphatic heterocycles. The first kappa shape index (κ1) is 15.8. The maximum absolute atomic E-state index is 13.7. The van der Waals surface area contributed by atoms with Crippen LogP contribution in [0.3, 0.4) is 0 Å². The van der Waals surface area contributed by atoms with Gasteiger partial charge in [-0.2, -0.15) is 0 Å². The van der Waals surface area contributed by atoms with E-state index in [1.54, 1.807) is 6.07 Å². The van der Waals surface area contributed by atoms with E-state index in [0.29, 0.717) is 5.92 Å². The third-order valence-corrected chi connectivity index (χ3v) is 5.08. The lowest BCUT2D eigenvalue weighted by Crippen LogP contribution is -2.31. The molecule has 0 radical (unpaired) electrons. The van der Waals surface area contributed by atoms with Gasteiger partial charge >= 0.3 is 0 Å². The van der Waals surface area contributed by atoms with Crippen molar-refractivity contribution in [3.8, 4) is 0 Å². The summed E-state index contributed by atoms with van der Waals surface area (Å²) in [6.45, 7) is 5.25. The number of rotatable bonds is 5. The molecule has 1 aliphatic rings. The standard InChI is InChI=1S/C17H25ClFN/c1-3-12-8-10-13(11-9-12)17(20-4-2)14-6-5-7-15(19)16(14)18/h5-7,12-13,17,20H,3-4,8-11H2,1-2H3. The van der Waals surface area contributed by atoms with Crippen LogP contribution in [0.1, 0.15) is 57.6 Å². The molecule has 1 unspecified atom stereocenters. The van der Waals surface area contributed by atoms with E-state index < -0.39 is 0 Å². The molecule has 1 N–H and O–H groups in total. The van der Waals surface area contributed by atoms with E-state index in [4.69, 9.17) is 11.6 Å². The van der Waals surface area contributed by atoms with Gasteiger partial charge in [0, 0.05) is 6.04 Å². The first-order chi connectivity index (χ1) is 9.67. The summed E-state index contributed by atoms with van der Waals surface area (Å²) in [5.41, 5.74) is 0.925. The first-order valence-corrected chi connectivity index (χ1v) is 8.22. The second kappa shape index (κ2) is 7.42. The van der Waals surface area contributed by atoms with E-state index in [0.717, 1.165) is 18.0 Å². The van der Waals surface area contributed by atoms with Gasteiger partial charge in [-0.3, -0.25) is 0 Å². The van der Waals surface area contributed by atoms with Crippen molar-refractivity contribution in [1.29, 1.82) is 0 Å². The minimum absolute atomic E-state index is 0.181. The third-order valence-electron chi connectivity index (χ3n) is 4.68. The van der Waals surface area contributed by atoms with Gasteiger partial charge in [-0.1, -0.05) is 56.8 Å². The Labute approximate surface area is 126 Å². The van der Waals surface area contributed by atoms with Gasteiger partial charge in [0.05, 0.1) is 5.02 Å². The quantitative estimate of drug-likeness (QED) is 0.773. The summed E-state index contributed by atoms with van der Waals surface area (Å²) in [5, 5.41) is 3.81. The highest BCUT2D eigenvalue weighted by atomic mass is 35.5. The summed E-state index contributed by atoms with van der Waals surface area (Å²) < 4.78 is 13.7. The molecule has 20 heavy (non-hydrogen) atoms. The van der Waals surface area contributed by atoms with Crippen molar-refractivity contribution in [1.82, 2.24) is 5.32 Å². The van der Waals surface area contributed by atoms with Crippen molar-refractivity contribution < 1.29 is 4.39 Å². The van der Waals surface area contributed by atoms with Crippen LogP contribution in [0.5, 0.6) is 0 Å². The normalized spacial score (nSPS) is 24.6. The number of hydrogen-bond acceptors (Lipinski definition) is 1. The fourth-order valence-electron chi connectivity index (χ4n) is 3.44. The monoisotopic (exact) mass is 297 g/mol. The Kier molecular flexibility index (Phi) is 5.86. The number of nitrogens with one attached hydrogen (secondary N) is 1. The molecule has 3 heteroatoms.